The van der Waals surface area contributed by atoms with Crippen molar-refractivity contribution >= 4 is 37.6 Å². The summed E-state index contributed by atoms with van der Waals surface area (Å²) in [7, 11) is -3.74. The van der Waals surface area contributed by atoms with Gasteiger partial charge in [-0.25, -0.2) is 8.42 Å². The quantitative estimate of drug-likeness (QED) is 0.731. The SMILES string of the molecule is CC(C)C[CH]C(=O)N[C@H]1CCCN(S(=O)(=O)c2ccc(Br)cc2)CC1=O. The van der Waals surface area contributed by atoms with Gasteiger partial charge in [-0.1, -0.05) is 29.8 Å². The Labute approximate surface area is 163 Å². The Hall–Kier alpha value is -1.25. The maximum atomic E-state index is 12.8. The number of hydrogen-bond donors (Lipinski definition) is 1. The molecule has 0 saturated carbocycles. The average Bonchev–Trinajstić information content (AvgIpc) is 2.76. The molecule has 1 amide bonds. The van der Waals surface area contributed by atoms with Crippen LogP contribution in [0, 0.1) is 12.3 Å². The van der Waals surface area contributed by atoms with E-state index in [1.165, 1.54) is 16.4 Å². The minimum atomic E-state index is -3.74. The zero-order valence-corrected chi connectivity index (χ0v) is 17.3. The fourth-order valence-electron chi connectivity index (χ4n) is 2.68. The van der Waals surface area contributed by atoms with E-state index in [0.29, 0.717) is 25.2 Å². The third-order valence-corrected chi connectivity index (χ3v) is 6.55. The van der Waals surface area contributed by atoms with Crippen LogP contribution in [0.2, 0.25) is 0 Å². The van der Waals surface area contributed by atoms with Crippen molar-refractivity contribution in [3.63, 3.8) is 0 Å². The number of hydrogen-bond acceptors (Lipinski definition) is 4. The highest BCUT2D eigenvalue weighted by atomic mass is 79.9. The maximum absolute atomic E-state index is 12.8. The van der Waals surface area contributed by atoms with Crippen LogP contribution in [0.15, 0.2) is 33.6 Å². The van der Waals surface area contributed by atoms with Gasteiger partial charge in [-0.15, -0.1) is 0 Å². The molecule has 1 saturated heterocycles. The van der Waals surface area contributed by atoms with E-state index in [9.17, 15) is 18.0 Å². The van der Waals surface area contributed by atoms with Gasteiger partial charge in [-0.05, 0) is 49.4 Å². The van der Waals surface area contributed by atoms with E-state index < -0.39 is 16.1 Å². The Bertz CT molecular complexity index is 747. The van der Waals surface area contributed by atoms with Crippen LogP contribution < -0.4 is 5.32 Å². The molecule has 8 heteroatoms. The monoisotopic (exact) mass is 443 g/mol. The predicted octanol–water partition coefficient (Wildman–Crippen LogP) is 2.54. The summed E-state index contributed by atoms with van der Waals surface area (Å²) in [5.74, 6) is -0.201. The third kappa shape index (κ3) is 5.62. The highest BCUT2D eigenvalue weighted by molar-refractivity contribution is 9.10. The molecular weight excluding hydrogens is 420 g/mol. The first-order valence-corrected chi connectivity index (χ1v) is 10.9. The lowest BCUT2D eigenvalue weighted by molar-refractivity contribution is -0.126. The molecular formula is C18H24BrN2O4S. The van der Waals surface area contributed by atoms with Gasteiger partial charge in [-0.3, -0.25) is 9.59 Å². The summed E-state index contributed by atoms with van der Waals surface area (Å²) < 4.78 is 27.5. The molecule has 1 radical (unpaired) electrons. The van der Waals surface area contributed by atoms with E-state index >= 15 is 0 Å². The molecule has 0 aliphatic carbocycles. The minimum Gasteiger partial charge on any atom is -0.346 e. The lowest BCUT2D eigenvalue weighted by atomic mass is 10.1. The number of halogens is 1. The van der Waals surface area contributed by atoms with Crippen molar-refractivity contribution in [2.24, 2.45) is 5.92 Å². The highest BCUT2D eigenvalue weighted by Crippen LogP contribution is 2.21. The van der Waals surface area contributed by atoms with Gasteiger partial charge in [0, 0.05) is 17.4 Å². The Kier molecular flexibility index (Phi) is 7.37. The van der Waals surface area contributed by atoms with Crippen LogP contribution in [0.1, 0.15) is 33.1 Å². The van der Waals surface area contributed by atoms with E-state index in [4.69, 9.17) is 0 Å². The van der Waals surface area contributed by atoms with E-state index in [1.54, 1.807) is 18.6 Å². The van der Waals surface area contributed by atoms with Gasteiger partial charge in [-0.2, -0.15) is 4.31 Å². The van der Waals surface area contributed by atoms with Gasteiger partial charge in [0.1, 0.15) is 0 Å². The van der Waals surface area contributed by atoms with E-state index in [1.807, 2.05) is 13.8 Å². The van der Waals surface area contributed by atoms with E-state index in [2.05, 4.69) is 21.2 Å². The topological polar surface area (TPSA) is 83.6 Å². The number of sulfonamides is 1. The van der Waals surface area contributed by atoms with Crippen molar-refractivity contribution < 1.29 is 18.0 Å². The van der Waals surface area contributed by atoms with Gasteiger partial charge in [0.2, 0.25) is 15.9 Å². The van der Waals surface area contributed by atoms with Crippen LogP contribution in [-0.2, 0) is 19.6 Å². The second-order valence-corrected chi connectivity index (χ2v) is 9.65. The normalized spacial score (nSPS) is 19.4. The third-order valence-electron chi connectivity index (χ3n) is 4.16. The summed E-state index contributed by atoms with van der Waals surface area (Å²) in [5.41, 5.74) is 0. The van der Waals surface area contributed by atoms with Gasteiger partial charge < -0.3 is 5.32 Å². The second kappa shape index (κ2) is 9.10. The summed E-state index contributed by atoms with van der Waals surface area (Å²) in [6.45, 7) is 4.04. The van der Waals surface area contributed by atoms with Crippen molar-refractivity contribution in [2.45, 2.75) is 44.0 Å². The number of rotatable bonds is 6. The van der Waals surface area contributed by atoms with Crippen molar-refractivity contribution in [3.05, 3.63) is 35.2 Å². The van der Waals surface area contributed by atoms with Crippen molar-refractivity contribution in [2.75, 3.05) is 13.1 Å². The Morgan fingerprint density at radius 1 is 1.35 bits per heavy atom. The number of amides is 1. The van der Waals surface area contributed by atoms with Gasteiger partial charge in [0.15, 0.2) is 5.78 Å². The van der Waals surface area contributed by atoms with Crippen LogP contribution in [0.3, 0.4) is 0 Å². The number of nitrogens with zero attached hydrogens (tertiary/aromatic N) is 1. The minimum absolute atomic E-state index is 0.154. The molecule has 1 aliphatic rings. The van der Waals surface area contributed by atoms with Crippen LogP contribution >= 0.6 is 15.9 Å². The van der Waals surface area contributed by atoms with Crippen LogP contribution in [0.5, 0.6) is 0 Å². The summed E-state index contributed by atoms with van der Waals surface area (Å²) in [5, 5.41) is 2.71. The van der Waals surface area contributed by atoms with Gasteiger partial charge in [0.05, 0.1) is 17.5 Å². The molecule has 1 aromatic carbocycles. The van der Waals surface area contributed by atoms with Crippen molar-refractivity contribution in [1.82, 2.24) is 9.62 Å². The Balaban J connectivity index is 2.04. The molecule has 0 spiro atoms. The number of carbonyl (C=O) groups is 2. The standard InChI is InChI=1S/C18H24BrN2O4S/c1-13(2)5-10-18(23)20-16-4-3-11-21(12-17(16)22)26(24,25)15-8-6-14(19)7-9-15/h6-10,13,16H,3-5,11-12H2,1-2H3,(H,20,23)/t16-/m0/s1. The molecule has 0 aromatic heterocycles. The smallest absolute Gasteiger partial charge is 0.243 e. The average molecular weight is 444 g/mol. The van der Waals surface area contributed by atoms with Crippen LogP contribution in [0.4, 0.5) is 0 Å². The molecule has 1 aliphatic heterocycles. The summed E-state index contributed by atoms with van der Waals surface area (Å²) >= 11 is 3.28. The molecule has 26 heavy (non-hydrogen) atoms. The number of nitrogens with one attached hydrogen (secondary N) is 1. The van der Waals surface area contributed by atoms with Crippen LogP contribution in [0.25, 0.3) is 0 Å². The maximum Gasteiger partial charge on any atom is 0.243 e. The molecule has 1 atom stereocenters. The highest BCUT2D eigenvalue weighted by Gasteiger charge is 2.32. The summed E-state index contributed by atoms with van der Waals surface area (Å²) in [6.07, 6.45) is 3.12. The molecule has 2 rings (SSSR count). The van der Waals surface area contributed by atoms with E-state index in [0.717, 1.165) is 4.47 Å². The van der Waals surface area contributed by atoms with Crippen molar-refractivity contribution in [3.8, 4) is 0 Å². The van der Waals surface area contributed by atoms with Crippen molar-refractivity contribution in [1.29, 1.82) is 0 Å². The first kappa shape index (κ1) is 21.1. The largest absolute Gasteiger partial charge is 0.346 e. The summed E-state index contributed by atoms with van der Waals surface area (Å²) in [4.78, 5) is 24.6. The van der Waals surface area contributed by atoms with Gasteiger partial charge in [0.25, 0.3) is 0 Å². The zero-order valence-electron chi connectivity index (χ0n) is 14.9. The Morgan fingerprint density at radius 2 is 2.00 bits per heavy atom. The summed E-state index contributed by atoms with van der Waals surface area (Å²) in [6, 6.07) is 5.68. The van der Waals surface area contributed by atoms with Crippen LogP contribution in [-0.4, -0.2) is 43.5 Å². The molecule has 6 nitrogen and oxygen atoms in total. The number of carbonyl (C=O) groups excluding carboxylic acids is 2. The molecule has 1 N–H and O–H groups in total. The molecule has 1 aromatic rings. The predicted molar refractivity (Wildman–Crippen MR) is 103 cm³/mol. The lowest BCUT2D eigenvalue weighted by Crippen LogP contribution is -2.44. The van der Waals surface area contributed by atoms with E-state index in [-0.39, 0.29) is 29.7 Å². The first-order chi connectivity index (χ1) is 12.2. The molecule has 1 heterocycles. The molecule has 143 valence electrons. The first-order valence-electron chi connectivity index (χ1n) is 8.62. The number of ketones is 1. The van der Waals surface area contributed by atoms with Gasteiger partial charge >= 0.3 is 0 Å². The number of benzene rings is 1. The Morgan fingerprint density at radius 3 is 2.62 bits per heavy atom. The molecule has 0 bridgehead atoms. The fraction of sp³-hybridized carbons (Fsp3) is 0.500. The fourth-order valence-corrected chi connectivity index (χ4v) is 4.39. The molecule has 1 fully saturated rings. The number of Topliss-reactive ketones (excluding diaryl/α,β-unsaturated/α-hetero) is 1. The zero-order chi connectivity index (χ0) is 19.3. The lowest BCUT2D eigenvalue weighted by Gasteiger charge is -2.20. The molecule has 0 unspecified atom stereocenters. The second-order valence-electron chi connectivity index (χ2n) is 6.80.